The quantitative estimate of drug-likeness (QED) is 0.0801. The van der Waals surface area contributed by atoms with Crippen LogP contribution in [0, 0.1) is 0 Å². The van der Waals surface area contributed by atoms with Gasteiger partial charge in [0.05, 0.1) is 19.8 Å². The molecule has 0 aromatic heterocycles. The van der Waals surface area contributed by atoms with Crippen LogP contribution in [-0.2, 0) is 14.6 Å². The van der Waals surface area contributed by atoms with E-state index in [1.165, 1.54) is 103 Å². The van der Waals surface area contributed by atoms with Gasteiger partial charge >= 0.3 is 0 Å². The van der Waals surface area contributed by atoms with E-state index in [0.717, 1.165) is 26.2 Å². The van der Waals surface area contributed by atoms with Crippen molar-refractivity contribution in [2.75, 3.05) is 39.4 Å². The molecule has 0 aromatic carbocycles. The van der Waals surface area contributed by atoms with Gasteiger partial charge in [-0.25, -0.2) is 8.42 Å². The normalized spacial score (nSPS) is 14.2. The third-order valence-corrected chi connectivity index (χ3v) is 6.57. The second kappa shape index (κ2) is 22.5. The number of β-amino-alcohol motifs (C(OH)–C–C–N with tert-alkyl or cyclic N) is 1. The first-order chi connectivity index (χ1) is 16.4. The van der Waals surface area contributed by atoms with Crippen LogP contribution in [0.2, 0.25) is 0 Å². The Morgan fingerprint density at radius 1 is 0.941 bits per heavy atom. The van der Waals surface area contributed by atoms with Gasteiger partial charge in [-0.15, -0.1) is 0 Å². The van der Waals surface area contributed by atoms with Crippen LogP contribution in [0.15, 0.2) is 12.2 Å². The first kappa shape index (κ1) is 33.0. The van der Waals surface area contributed by atoms with Gasteiger partial charge in [-0.1, -0.05) is 70.4 Å². The Morgan fingerprint density at radius 2 is 1.50 bits per heavy atom. The third kappa shape index (κ3) is 19.4. The van der Waals surface area contributed by atoms with Crippen LogP contribution in [-0.4, -0.2) is 72.8 Å². The molecule has 202 valence electrons. The summed E-state index contributed by atoms with van der Waals surface area (Å²) in [5.41, 5.74) is 0. The van der Waals surface area contributed by atoms with E-state index in [1.807, 2.05) is 0 Å². The van der Waals surface area contributed by atoms with Crippen molar-refractivity contribution in [1.82, 2.24) is 4.90 Å². The summed E-state index contributed by atoms with van der Waals surface area (Å²) in [6, 6.07) is 0. The largest absolute Gasteiger partial charge is 0.726 e. The molecule has 0 aliphatic carbocycles. The van der Waals surface area contributed by atoms with Gasteiger partial charge in [0.25, 0.3) is 0 Å². The third-order valence-electron chi connectivity index (χ3n) is 6.05. The lowest BCUT2D eigenvalue weighted by Crippen LogP contribution is -2.30. The van der Waals surface area contributed by atoms with E-state index in [9.17, 15) is 18.1 Å². The summed E-state index contributed by atoms with van der Waals surface area (Å²) in [7, 11) is -4.42. The number of aliphatic hydroxyl groups is 1. The second-order valence-electron chi connectivity index (χ2n) is 8.86. The maximum Gasteiger partial charge on any atom is 0.247 e. The fourth-order valence-corrected chi connectivity index (χ4v) is 4.50. The first-order valence-corrected chi connectivity index (χ1v) is 14.9. The average molecular weight is 505 g/mol. The molecule has 0 bridgehead atoms. The lowest BCUT2D eigenvalue weighted by molar-refractivity contribution is -0.521. The molecule has 1 aliphatic rings. The Morgan fingerprint density at radius 3 is 1.97 bits per heavy atom. The summed E-state index contributed by atoms with van der Waals surface area (Å²) >= 11 is 0. The summed E-state index contributed by atoms with van der Waals surface area (Å²) in [6.45, 7) is 10.3. The van der Waals surface area contributed by atoms with Crippen LogP contribution in [0.1, 0.15) is 111 Å². The molecule has 8 heteroatoms. The highest BCUT2D eigenvalue weighted by molar-refractivity contribution is 7.80. The minimum absolute atomic E-state index is 0.0914. The van der Waals surface area contributed by atoms with E-state index < -0.39 is 10.4 Å². The molecule has 0 fully saturated rings. The summed E-state index contributed by atoms with van der Waals surface area (Å²) in [5.74, 6) is 1.48. The lowest BCUT2D eigenvalue weighted by atomic mass is 10.1. The molecule has 0 spiro atoms. The zero-order valence-corrected chi connectivity index (χ0v) is 23.0. The number of nitrogens with zero attached hydrogens (tertiary/aromatic N) is 2. The molecule has 0 atom stereocenters. The fraction of sp³-hybridized carbons (Fsp3) is 0.885. The molecule has 1 rings (SSSR count). The Labute approximate surface area is 210 Å². The second-order valence-corrected chi connectivity index (χ2v) is 9.91. The molecule has 1 N–H and O–H groups in total. The van der Waals surface area contributed by atoms with Crippen LogP contribution in [0.5, 0.6) is 0 Å². The molecule has 0 radical (unpaired) electrons. The maximum atomic E-state index is 9.45. The van der Waals surface area contributed by atoms with Gasteiger partial charge in [0, 0.05) is 6.42 Å². The number of unbranched alkanes of at least 4 members (excludes halogenated alkanes) is 11. The molecule has 0 aromatic rings. The van der Waals surface area contributed by atoms with E-state index in [1.54, 1.807) is 0 Å². The van der Waals surface area contributed by atoms with Gasteiger partial charge in [-0.3, -0.25) is 13.7 Å². The zero-order chi connectivity index (χ0) is 25.5. The standard InChI is InChI=1S/C24H47N2O.C2H6O4S/c1-3-5-6-7-8-9-10-11-12-13-14-15-16-17-18-19-24-25(4-2)20-21-26(24)22-23-27;1-2-6-7(3,4)5/h11-12,27H,3-10,13-23H2,1-2H3;2H2,1H3,(H,3,4,5)/q+1;/p-1/b12-11+;. The molecule has 1 heterocycles. The van der Waals surface area contributed by atoms with Crippen LogP contribution in [0.4, 0.5) is 0 Å². The predicted molar refractivity (Wildman–Crippen MR) is 140 cm³/mol. The van der Waals surface area contributed by atoms with E-state index in [0.29, 0.717) is 0 Å². The molecular formula is C26H52N2O5S. The van der Waals surface area contributed by atoms with E-state index in [-0.39, 0.29) is 13.2 Å². The summed E-state index contributed by atoms with van der Waals surface area (Å²) in [6.07, 6.45) is 23.7. The number of hydrogen-bond donors (Lipinski definition) is 1. The van der Waals surface area contributed by atoms with Crippen LogP contribution < -0.4 is 0 Å². The van der Waals surface area contributed by atoms with E-state index >= 15 is 0 Å². The lowest BCUT2D eigenvalue weighted by Gasteiger charge is -2.11. The topological polar surface area (TPSA) is 92.9 Å². The maximum absolute atomic E-state index is 9.45. The summed E-state index contributed by atoms with van der Waals surface area (Å²) in [5, 5.41) is 9.23. The Balaban J connectivity index is 0.00000135. The van der Waals surface area contributed by atoms with Gasteiger partial charge in [0.15, 0.2) is 0 Å². The molecular weight excluding hydrogens is 452 g/mol. The number of hydrogen-bond acceptors (Lipinski definition) is 6. The highest BCUT2D eigenvalue weighted by atomic mass is 32.3. The highest BCUT2D eigenvalue weighted by Crippen LogP contribution is 2.13. The fourth-order valence-electron chi connectivity index (χ4n) is 4.22. The van der Waals surface area contributed by atoms with Crippen LogP contribution in [0.3, 0.4) is 0 Å². The van der Waals surface area contributed by atoms with Crippen molar-refractivity contribution in [2.45, 2.75) is 111 Å². The number of rotatable bonds is 20. The van der Waals surface area contributed by atoms with Crippen molar-refractivity contribution >= 4 is 16.2 Å². The monoisotopic (exact) mass is 504 g/mol. The number of amidine groups is 1. The summed E-state index contributed by atoms with van der Waals surface area (Å²) in [4.78, 5) is 2.49. The van der Waals surface area contributed by atoms with E-state index in [2.05, 4.69) is 39.7 Å². The highest BCUT2D eigenvalue weighted by Gasteiger charge is 2.27. The number of aliphatic hydroxyl groups excluding tert-OH is 1. The van der Waals surface area contributed by atoms with Crippen molar-refractivity contribution in [3.05, 3.63) is 12.2 Å². The Bertz CT molecular complexity index is 635. The van der Waals surface area contributed by atoms with E-state index in [4.69, 9.17) is 0 Å². The number of likely N-dealkylation sites (N-methyl/N-ethyl adjacent to an activating group) is 1. The predicted octanol–water partition coefficient (Wildman–Crippen LogP) is 5.25. The molecule has 0 saturated carbocycles. The molecule has 7 nitrogen and oxygen atoms in total. The summed E-state index contributed by atoms with van der Waals surface area (Å²) < 4.78 is 34.4. The zero-order valence-electron chi connectivity index (χ0n) is 22.2. The van der Waals surface area contributed by atoms with Gasteiger partial charge in [0.1, 0.15) is 19.6 Å². The Hall–Kier alpha value is -0.960. The molecule has 1 aliphatic heterocycles. The molecule has 0 unspecified atom stereocenters. The minimum atomic E-state index is -4.42. The Kier molecular flexibility index (Phi) is 21.9. The minimum Gasteiger partial charge on any atom is -0.726 e. The van der Waals surface area contributed by atoms with Crippen molar-refractivity contribution in [3.63, 3.8) is 0 Å². The first-order valence-electron chi connectivity index (χ1n) is 13.6. The van der Waals surface area contributed by atoms with Crippen molar-refractivity contribution in [1.29, 1.82) is 0 Å². The van der Waals surface area contributed by atoms with Crippen molar-refractivity contribution < 1.29 is 26.8 Å². The smallest absolute Gasteiger partial charge is 0.247 e. The number of allylic oxidation sites excluding steroid dienone is 2. The van der Waals surface area contributed by atoms with Gasteiger partial charge < -0.3 is 9.66 Å². The van der Waals surface area contributed by atoms with Gasteiger partial charge in [-0.05, 0) is 46.0 Å². The van der Waals surface area contributed by atoms with Crippen LogP contribution >= 0.6 is 0 Å². The molecule has 0 amide bonds. The van der Waals surface area contributed by atoms with Crippen molar-refractivity contribution in [3.8, 4) is 0 Å². The molecule has 34 heavy (non-hydrogen) atoms. The molecule has 0 saturated heterocycles. The van der Waals surface area contributed by atoms with Gasteiger partial charge in [0.2, 0.25) is 16.2 Å². The average Bonchev–Trinajstić information content (AvgIpc) is 3.18. The SMILES string of the molecule is CCCCCCCC/C=C/CCCCCCCC1=[N+](CCO)CCN1CC.CCOS(=O)(=O)[O-]. The van der Waals surface area contributed by atoms with Crippen LogP contribution in [0.25, 0.3) is 0 Å². The van der Waals surface area contributed by atoms with Crippen molar-refractivity contribution in [2.24, 2.45) is 0 Å². The van der Waals surface area contributed by atoms with Gasteiger partial charge in [-0.2, -0.15) is 0 Å².